The molecule has 0 bridgehead atoms. The first-order valence-electron chi connectivity index (χ1n) is 4.16. The number of nitrogens with zero attached hydrogens (tertiary/aromatic N) is 1. The predicted molar refractivity (Wildman–Crippen MR) is 49.6 cm³/mol. The molecule has 1 aromatic rings. The molecule has 0 aliphatic heterocycles. The standard InChI is InChI=1S/C9H15N3/c1-8(6-10)12-7-9-4-2-3-5-11-9/h2-5,8,12H,6-7,10H2,1H3/t8-/m0/s1. The summed E-state index contributed by atoms with van der Waals surface area (Å²) in [6, 6.07) is 6.25. The molecule has 1 atom stereocenters. The summed E-state index contributed by atoms with van der Waals surface area (Å²) in [5.74, 6) is 0. The molecule has 1 heterocycles. The van der Waals surface area contributed by atoms with Gasteiger partial charge in [0.15, 0.2) is 0 Å². The maximum Gasteiger partial charge on any atom is 0.0541 e. The van der Waals surface area contributed by atoms with Crippen LogP contribution in [0.2, 0.25) is 0 Å². The minimum atomic E-state index is 0.354. The van der Waals surface area contributed by atoms with E-state index >= 15 is 0 Å². The summed E-state index contributed by atoms with van der Waals surface area (Å²) >= 11 is 0. The second-order valence-electron chi connectivity index (χ2n) is 2.84. The lowest BCUT2D eigenvalue weighted by atomic mass is 10.3. The van der Waals surface area contributed by atoms with Crippen LogP contribution in [0.25, 0.3) is 0 Å². The smallest absolute Gasteiger partial charge is 0.0541 e. The molecule has 0 saturated heterocycles. The van der Waals surface area contributed by atoms with E-state index in [9.17, 15) is 0 Å². The number of nitrogens with two attached hydrogens (primary N) is 1. The largest absolute Gasteiger partial charge is 0.329 e. The van der Waals surface area contributed by atoms with Crippen molar-refractivity contribution in [1.29, 1.82) is 0 Å². The summed E-state index contributed by atoms with van der Waals surface area (Å²) in [7, 11) is 0. The molecule has 3 nitrogen and oxygen atoms in total. The summed E-state index contributed by atoms with van der Waals surface area (Å²) < 4.78 is 0. The van der Waals surface area contributed by atoms with Crippen LogP contribution in [0.4, 0.5) is 0 Å². The van der Waals surface area contributed by atoms with Crippen molar-refractivity contribution in [3.63, 3.8) is 0 Å². The van der Waals surface area contributed by atoms with Crippen molar-refractivity contribution in [3.05, 3.63) is 30.1 Å². The Morgan fingerprint density at radius 1 is 1.58 bits per heavy atom. The van der Waals surface area contributed by atoms with Crippen LogP contribution in [0.15, 0.2) is 24.4 Å². The Morgan fingerprint density at radius 3 is 3.00 bits per heavy atom. The molecule has 3 N–H and O–H groups in total. The topological polar surface area (TPSA) is 50.9 Å². The molecule has 66 valence electrons. The highest BCUT2D eigenvalue weighted by Crippen LogP contribution is 1.92. The van der Waals surface area contributed by atoms with Gasteiger partial charge in [0, 0.05) is 25.3 Å². The fraction of sp³-hybridized carbons (Fsp3) is 0.444. The van der Waals surface area contributed by atoms with E-state index in [1.807, 2.05) is 18.2 Å². The van der Waals surface area contributed by atoms with Crippen molar-refractivity contribution in [1.82, 2.24) is 10.3 Å². The second kappa shape index (κ2) is 4.85. The van der Waals surface area contributed by atoms with Crippen LogP contribution < -0.4 is 11.1 Å². The van der Waals surface area contributed by atoms with Gasteiger partial charge < -0.3 is 11.1 Å². The van der Waals surface area contributed by atoms with Crippen LogP contribution in [-0.2, 0) is 6.54 Å². The van der Waals surface area contributed by atoms with Gasteiger partial charge in [-0.3, -0.25) is 4.98 Å². The van der Waals surface area contributed by atoms with Gasteiger partial charge in [0.25, 0.3) is 0 Å². The Hall–Kier alpha value is -0.930. The molecular formula is C9H15N3. The monoisotopic (exact) mass is 165 g/mol. The van der Waals surface area contributed by atoms with Gasteiger partial charge in [-0.15, -0.1) is 0 Å². The fourth-order valence-electron chi connectivity index (χ4n) is 0.865. The van der Waals surface area contributed by atoms with Gasteiger partial charge in [0.2, 0.25) is 0 Å². The van der Waals surface area contributed by atoms with Crippen LogP contribution in [0.3, 0.4) is 0 Å². The summed E-state index contributed by atoms with van der Waals surface area (Å²) in [5, 5.41) is 3.26. The molecule has 1 aromatic heterocycles. The Morgan fingerprint density at radius 2 is 2.42 bits per heavy atom. The third-order valence-corrected chi connectivity index (χ3v) is 1.71. The summed E-state index contributed by atoms with van der Waals surface area (Å²) in [4.78, 5) is 4.18. The molecule has 12 heavy (non-hydrogen) atoms. The Kier molecular flexibility index (Phi) is 3.70. The van der Waals surface area contributed by atoms with E-state index in [1.165, 1.54) is 0 Å². The van der Waals surface area contributed by atoms with Gasteiger partial charge >= 0.3 is 0 Å². The minimum absolute atomic E-state index is 0.354. The van der Waals surface area contributed by atoms with Crippen molar-refractivity contribution < 1.29 is 0 Å². The lowest BCUT2D eigenvalue weighted by molar-refractivity contribution is 0.550. The minimum Gasteiger partial charge on any atom is -0.329 e. The van der Waals surface area contributed by atoms with Gasteiger partial charge in [-0.05, 0) is 19.1 Å². The first-order chi connectivity index (χ1) is 5.83. The van der Waals surface area contributed by atoms with E-state index in [0.717, 1.165) is 12.2 Å². The van der Waals surface area contributed by atoms with E-state index in [2.05, 4.69) is 17.2 Å². The molecule has 3 heteroatoms. The van der Waals surface area contributed by atoms with Crippen molar-refractivity contribution >= 4 is 0 Å². The lowest BCUT2D eigenvalue weighted by Gasteiger charge is -2.09. The van der Waals surface area contributed by atoms with Crippen LogP contribution in [0.5, 0.6) is 0 Å². The third-order valence-electron chi connectivity index (χ3n) is 1.71. The Bertz CT molecular complexity index is 210. The van der Waals surface area contributed by atoms with Gasteiger partial charge in [-0.1, -0.05) is 6.07 Å². The highest BCUT2D eigenvalue weighted by atomic mass is 14.9. The van der Waals surface area contributed by atoms with Gasteiger partial charge in [-0.2, -0.15) is 0 Å². The summed E-state index contributed by atoms with van der Waals surface area (Å²) in [5.41, 5.74) is 6.51. The number of rotatable bonds is 4. The van der Waals surface area contributed by atoms with E-state index in [-0.39, 0.29) is 0 Å². The van der Waals surface area contributed by atoms with Gasteiger partial charge in [0.05, 0.1) is 5.69 Å². The molecule has 0 spiro atoms. The van der Waals surface area contributed by atoms with Crippen molar-refractivity contribution in [3.8, 4) is 0 Å². The zero-order valence-electron chi connectivity index (χ0n) is 7.33. The average molecular weight is 165 g/mol. The zero-order valence-corrected chi connectivity index (χ0v) is 7.33. The lowest BCUT2D eigenvalue weighted by Crippen LogP contribution is -2.32. The first kappa shape index (κ1) is 9.16. The van der Waals surface area contributed by atoms with Gasteiger partial charge in [-0.25, -0.2) is 0 Å². The van der Waals surface area contributed by atoms with E-state index < -0.39 is 0 Å². The normalized spacial score (nSPS) is 12.8. The molecule has 1 rings (SSSR count). The van der Waals surface area contributed by atoms with Crippen molar-refractivity contribution in [2.45, 2.75) is 19.5 Å². The number of hydrogen-bond acceptors (Lipinski definition) is 3. The first-order valence-corrected chi connectivity index (χ1v) is 4.16. The van der Waals surface area contributed by atoms with E-state index in [1.54, 1.807) is 6.20 Å². The maximum atomic E-state index is 5.45. The molecule has 0 fully saturated rings. The third kappa shape index (κ3) is 2.98. The second-order valence-corrected chi connectivity index (χ2v) is 2.84. The molecule has 0 saturated carbocycles. The molecule has 0 aliphatic carbocycles. The Balaban J connectivity index is 2.33. The molecular weight excluding hydrogens is 150 g/mol. The van der Waals surface area contributed by atoms with Crippen LogP contribution in [0, 0.1) is 0 Å². The van der Waals surface area contributed by atoms with Crippen LogP contribution >= 0.6 is 0 Å². The number of hydrogen-bond donors (Lipinski definition) is 2. The van der Waals surface area contributed by atoms with Crippen LogP contribution in [0.1, 0.15) is 12.6 Å². The molecule has 0 aromatic carbocycles. The molecule has 0 unspecified atom stereocenters. The average Bonchev–Trinajstić information content (AvgIpc) is 2.16. The van der Waals surface area contributed by atoms with E-state index in [0.29, 0.717) is 12.6 Å². The zero-order chi connectivity index (χ0) is 8.81. The Labute approximate surface area is 73.0 Å². The SMILES string of the molecule is C[C@@H](CN)NCc1ccccn1. The number of pyridine rings is 1. The van der Waals surface area contributed by atoms with Crippen molar-refractivity contribution in [2.24, 2.45) is 5.73 Å². The summed E-state index contributed by atoms with van der Waals surface area (Å²) in [6.07, 6.45) is 1.80. The fourth-order valence-corrected chi connectivity index (χ4v) is 0.865. The van der Waals surface area contributed by atoms with Gasteiger partial charge in [0.1, 0.15) is 0 Å². The predicted octanol–water partition coefficient (Wildman–Crippen LogP) is 0.518. The highest BCUT2D eigenvalue weighted by molar-refractivity contribution is 5.02. The molecule has 0 radical (unpaired) electrons. The molecule has 0 amide bonds. The quantitative estimate of drug-likeness (QED) is 0.683. The number of aromatic nitrogens is 1. The van der Waals surface area contributed by atoms with Crippen molar-refractivity contribution in [2.75, 3.05) is 6.54 Å². The highest BCUT2D eigenvalue weighted by Gasteiger charge is 1.97. The van der Waals surface area contributed by atoms with E-state index in [4.69, 9.17) is 5.73 Å². The van der Waals surface area contributed by atoms with Crippen LogP contribution in [-0.4, -0.2) is 17.6 Å². The number of nitrogens with one attached hydrogen (secondary N) is 1. The molecule has 0 aliphatic rings. The maximum absolute atomic E-state index is 5.45. The summed E-state index contributed by atoms with van der Waals surface area (Å²) in [6.45, 7) is 3.51.